The van der Waals surface area contributed by atoms with E-state index < -0.39 is 11.7 Å². The van der Waals surface area contributed by atoms with Gasteiger partial charge in [0.2, 0.25) is 0 Å². The van der Waals surface area contributed by atoms with Crippen molar-refractivity contribution in [3.8, 4) is 0 Å². The highest BCUT2D eigenvalue weighted by atomic mass is 79.9. The van der Waals surface area contributed by atoms with Gasteiger partial charge in [-0.2, -0.15) is 0 Å². The first-order valence-electron chi connectivity index (χ1n) is 9.16. The van der Waals surface area contributed by atoms with E-state index in [0.717, 1.165) is 6.42 Å². The standard InChI is InChI=1S/C21H18BrFN4O2/c1-12-19(25-15-8-7-13(22)11-14(15)23)18(16-5-4-10-27(16)21(12)29)20(28)26-17-6-2-3-9-24-17/h2-3,6-9,11,25H,4-5,10H2,1H3,(H,24,26,28). The van der Waals surface area contributed by atoms with E-state index in [4.69, 9.17) is 0 Å². The molecule has 1 aliphatic heterocycles. The van der Waals surface area contributed by atoms with Gasteiger partial charge >= 0.3 is 0 Å². The lowest BCUT2D eigenvalue weighted by Crippen LogP contribution is -2.28. The van der Waals surface area contributed by atoms with E-state index in [-0.39, 0.29) is 11.2 Å². The van der Waals surface area contributed by atoms with Crippen molar-refractivity contribution in [2.45, 2.75) is 26.3 Å². The molecule has 0 aliphatic carbocycles. The Bertz CT molecular complexity index is 1160. The van der Waals surface area contributed by atoms with Crippen LogP contribution in [0.4, 0.5) is 21.6 Å². The number of fused-ring (bicyclic) bond motifs is 1. The second kappa shape index (κ2) is 7.79. The molecule has 1 aliphatic rings. The molecule has 148 valence electrons. The zero-order valence-electron chi connectivity index (χ0n) is 15.6. The topological polar surface area (TPSA) is 76.0 Å². The summed E-state index contributed by atoms with van der Waals surface area (Å²) in [6, 6.07) is 9.78. The van der Waals surface area contributed by atoms with Gasteiger partial charge in [0.1, 0.15) is 11.6 Å². The molecular formula is C21H18BrFN4O2. The number of carbonyl (C=O) groups is 1. The summed E-state index contributed by atoms with van der Waals surface area (Å²) in [5.41, 5.74) is 1.68. The maximum Gasteiger partial charge on any atom is 0.260 e. The van der Waals surface area contributed by atoms with E-state index in [1.165, 1.54) is 6.07 Å². The summed E-state index contributed by atoms with van der Waals surface area (Å²) in [5.74, 6) is -0.480. The van der Waals surface area contributed by atoms with Crippen molar-refractivity contribution in [3.05, 3.63) is 80.1 Å². The third-order valence-corrected chi connectivity index (χ3v) is 5.42. The average Bonchev–Trinajstić information content (AvgIpc) is 3.18. The van der Waals surface area contributed by atoms with Gasteiger partial charge in [0.05, 0.1) is 16.9 Å². The molecule has 0 saturated heterocycles. The summed E-state index contributed by atoms with van der Waals surface area (Å²) in [6.45, 7) is 2.20. The molecule has 0 saturated carbocycles. The monoisotopic (exact) mass is 456 g/mol. The highest BCUT2D eigenvalue weighted by Crippen LogP contribution is 2.31. The first-order valence-corrected chi connectivity index (χ1v) is 9.95. The van der Waals surface area contributed by atoms with Crippen LogP contribution in [0.3, 0.4) is 0 Å². The molecule has 2 N–H and O–H groups in total. The van der Waals surface area contributed by atoms with E-state index >= 15 is 0 Å². The predicted molar refractivity (Wildman–Crippen MR) is 113 cm³/mol. The van der Waals surface area contributed by atoms with Crippen LogP contribution in [0.5, 0.6) is 0 Å². The van der Waals surface area contributed by atoms with Crippen molar-refractivity contribution in [1.29, 1.82) is 0 Å². The van der Waals surface area contributed by atoms with Crippen molar-refractivity contribution >= 4 is 39.0 Å². The highest BCUT2D eigenvalue weighted by molar-refractivity contribution is 9.10. The summed E-state index contributed by atoms with van der Waals surface area (Å²) in [7, 11) is 0. The van der Waals surface area contributed by atoms with E-state index in [1.807, 2.05) is 0 Å². The van der Waals surface area contributed by atoms with Gasteiger partial charge in [-0.1, -0.05) is 22.0 Å². The Kier molecular flexibility index (Phi) is 5.19. The third kappa shape index (κ3) is 3.67. The second-order valence-electron chi connectivity index (χ2n) is 6.80. The molecule has 0 atom stereocenters. The average molecular weight is 457 g/mol. The Morgan fingerprint density at radius 2 is 2.10 bits per heavy atom. The van der Waals surface area contributed by atoms with Crippen LogP contribution in [-0.4, -0.2) is 15.5 Å². The third-order valence-electron chi connectivity index (χ3n) is 4.93. The molecule has 8 heteroatoms. The van der Waals surface area contributed by atoms with Gasteiger partial charge in [-0.25, -0.2) is 9.37 Å². The molecule has 1 amide bonds. The molecule has 3 aromatic rings. The zero-order chi connectivity index (χ0) is 20.5. The Hall–Kier alpha value is -3.00. The van der Waals surface area contributed by atoms with Gasteiger partial charge < -0.3 is 15.2 Å². The molecule has 1 aromatic carbocycles. The second-order valence-corrected chi connectivity index (χ2v) is 7.72. The zero-order valence-corrected chi connectivity index (χ0v) is 17.2. The summed E-state index contributed by atoms with van der Waals surface area (Å²) in [6.07, 6.45) is 2.95. The summed E-state index contributed by atoms with van der Waals surface area (Å²) in [4.78, 5) is 30.1. The molecule has 2 aromatic heterocycles. The number of rotatable bonds is 4. The number of nitrogens with zero attached hydrogens (tertiary/aromatic N) is 2. The van der Waals surface area contributed by atoms with Crippen molar-refractivity contribution in [3.63, 3.8) is 0 Å². The van der Waals surface area contributed by atoms with Crippen LogP contribution < -0.4 is 16.2 Å². The first kappa shape index (κ1) is 19.3. The quantitative estimate of drug-likeness (QED) is 0.609. The minimum atomic E-state index is -0.490. The minimum Gasteiger partial charge on any atom is -0.352 e. The van der Waals surface area contributed by atoms with E-state index in [9.17, 15) is 14.0 Å². The van der Waals surface area contributed by atoms with Gasteiger partial charge in [-0.05, 0) is 50.1 Å². The van der Waals surface area contributed by atoms with Gasteiger partial charge in [-0.15, -0.1) is 0 Å². The summed E-state index contributed by atoms with van der Waals surface area (Å²) in [5, 5.41) is 5.76. The smallest absolute Gasteiger partial charge is 0.260 e. The fourth-order valence-electron chi connectivity index (χ4n) is 3.54. The molecule has 0 radical (unpaired) electrons. The molecule has 6 nitrogen and oxygen atoms in total. The number of benzene rings is 1. The molecule has 0 spiro atoms. The number of pyridine rings is 2. The maximum absolute atomic E-state index is 14.4. The molecule has 0 unspecified atom stereocenters. The van der Waals surface area contributed by atoms with Crippen LogP contribution in [0.1, 0.15) is 28.0 Å². The normalized spacial score (nSPS) is 12.5. The number of anilines is 3. The van der Waals surface area contributed by atoms with Crippen LogP contribution in [0.2, 0.25) is 0 Å². The lowest BCUT2D eigenvalue weighted by atomic mass is 10.0. The van der Waals surface area contributed by atoms with Gasteiger partial charge in [-0.3, -0.25) is 9.59 Å². The molecule has 4 rings (SSSR count). The number of amides is 1. The molecule has 3 heterocycles. The lowest BCUT2D eigenvalue weighted by Gasteiger charge is -2.19. The highest BCUT2D eigenvalue weighted by Gasteiger charge is 2.27. The molecule has 0 bridgehead atoms. The van der Waals surface area contributed by atoms with Crippen LogP contribution in [0.25, 0.3) is 0 Å². The van der Waals surface area contributed by atoms with Crippen molar-refractivity contribution in [1.82, 2.24) is 9.55 Å². The van der Waals surface area contributed by atoms with E-state index in [2.05, 4.69) is 31.5 Å². The Morgan fingerprint density at radius 3 is 2.83 bits per heavy atom. The van der Waals surface area contributed by atoms with E-state index in [1.54, 1.807) is 48.0 Å². The van der Waals surface area contributed by atoms with Crippen LogP contribution >= 0.6 is 15.9 Å². The maximum atomic E-state index is 14.4. The van der Waals surface area contributed by atoms with Gasteiger partial charge in [0, 0.05) is 28.5 Å². The number of aromatic nitrogens is 2. The number of nitrogens with one attached hydrogen (secondary N) is 2. The van der Waals surface area contributed by atoms with E-state index in [0.29, 0.717) is 45.8 Å². The fourth-order valence-corrected chi connectivity index (χ4v) is 3.87. The Balaban J connectivity index is 1.84. The Labute approximate surface area is 174 Å². The Morgan fingerprint density at radius 1 is 1.28 bits per heavy atom. The number of hydrogen-bond donors (Lipinski definition) is 2. The van der Waals surface area contributed by atoms with Crippen molar-refractivity contribution in [2.24, 2.45) is 0 Å². The number of carbonyl (C=O) groups excluding carboxylic acids is 1. The first-order chi connectivity index (χ1) is 14.0. The van der Waals surface area contributed by atoms with Crippen LogP contribution in [-0.2, 0) is 13.0 Å². The van der Waals surface area contributed by atoms with Crippen molar-refractivity contribution in [2.75, 3.05) is 10.6 Å². The molecule has 29 heavy (non-hydrogen) atoms. The number of halogens is 2. The molecule has 0 fully saturated rings. The predicted octanol–water partition coefficient (Wildman–Crippen LogP) is 4.40. The fraction of sp³-hybridized carbons (Fsp3) is 0.190. The largest absolute Gasteiger partial charge is 0.352 e. The minimum absolute atomic E-state index is 0.174. The number of hydrogen-bond acceptors (Lipinski definition) is 4. The van der Waals surface area contributed by atoms with Crippen molar-refractivity contribution < 1.29 is 9.18 Å². The summed E-state index contributed by atoms with van der Waals surface area (Å²) >= 11 is 3.23. The summed E-state index contributed by atoms with van der Waals surface area (Å²) < 4.78 is 16.7. The van der Waals surface area contributed by atoms with Crippen LogP contribution in [0, 0.1) is 12.7 Å². The molecular weight excluding hydrogens is 439 g/mol. The van der Waals surface area contributed by atoms with Crippen LogP contribution in [0.15, 0.2) is 51.9 Å². The van der Waals surface area contributed by atoms with Gasteiger partial charge in [0.15, 0.2) is 0 Å². The SMILES string of the molecule is Cc1c(Nc2ccc(Br)cc2F)c(C(=O)Nc2ccccn2)c2n(c1=O)CCC2. The van der Waals surface area contributed by atoms with Gasteiger partial charge in [0.25, 0.3) is 11.5 Å². The lowest BCUT2D eigenvalue weighted by molar-refractivity contribution is 0.102.